The van der Waals surface area contributed by atoms with Gasteiger partial charge in [-0.05, 0) is 12.5 Å². The Morgan fingerprint density at radius 3 is 2.55 bits per heavy atom. The number of hydrogen-bond acceptors (Lipinski definition) is 4. The van der Waals surface area contributed by atoms with Crippen LogP contribution in [0.2, 0.25) is 0 Å². The van der Waals surface area contributed by atoms with Crippen molar-refractivity contribution in [3.05, 3.63) is 39.7 Å². The zero-order valence-electron chi connectivity index (χ0n) is 10.7. The average molecular weight is 284 g/mol. The number of nitro benzene ring substituents is 1. The molecule has 1 aromatic carbocycles. The minimum atomic E-state index is -1.21. The summed E-state index contributed by atoms with van der Waals surface area (Å²) in [6.07, 6.45) is 0.510. The van der Waals surface area contributed by atoms with E-state index in [1.54, 1.807) is 6.92 Å². The van der Waals surface area contributed by atoms with E-state index in [0.717, 1.165) is 17.0 Å². The average Bonchev–Trinajstić information content (AvgIpc) is 2.36. The molecule has 1 rings (SSSR count). The van der Waals surface area contributed by atoms with Crippen molar-refractivity contribution in [3.8, 4) is 0 Å². The van der Waals surface area contributed by atoms with Crippen molar-refractivity contribution in [1.29, 1.82) is 0 Å². The number of halogens is 1. The molecule has 8 heteroatoms. The van der Waals surface area contributed by atoms with Gasteiger partial charge >= 0.3 is 5.97 Å². The lowest BCUT2D eigenvalue weighted by Crippen LogP contribution is -2.36. The molecule has 0 heterocycles. The summed E-state index contributed by atoms with van der Waals surface area (Å²) in [6.45, 7) is 1.36. The Labute approximate surface area is 113 Å². The van der Waals surface area contributed by atoms with Crippen LogP contribution in [0.3, 0.4) is 0 Å². The molecule has 1 amide bonds. The minimum absolute atomic E-state index is 0.162. The molecular weight excluding hydrogens is 271 g/mol. The SMILES string of the molecule is CCCN(CC(=O)O)C(=O)c1cc(F)cc([N+](=O)[O-])c1. The van der Waals surface area contributed by atoms with E-state index in [0.29, 0.717) is 12.5 Å². The molecule has 20 heavy (non-hydrogen) atoms. The number of non-ortho nitro benzene ring substituents is 1. The Balaban J connectivity index is 3.10. The molecule has 0 saturated carbocycles. The number of rotatable bonds is 6. The van der Waals surface area contributed by atoms with Crippen LogP contribution in [0.5, 0.6) is 0 Å². The van der Waals surface area contributed by atoms with E-state index in [1.165, 1.54) is 0 Å². The van der Waals surface area contributed by atoms with Crippen LogP contribution in [0, 0.1) is 15.9 Å². The van der Waals surface area contributed by atoms with Gasteiger partial charge in [-0.15, -0.1) is 0 Å². The molecule has 0 saturated heterocycles. The van der Waals surface area contributed by atoms with Crippen LogP contribution in [-0.2, 0) is 4.79 Å². The fraction of sp³-hybridized carbons (Fsp3) is 0.333. The third-order valence-corrected chi connectivity index (χ3v) is 2.45. The number of carboxylic acid groups (broad SMARTS) is 1. The van der Waals surface area contributed by atoms with E-state index in [-0.39, 0.29) is 12.1 Å². The van der Waals surface area contributed by atoms with Gasteiger partial charge < -0.3 is 10.0 Å². The Morgan fingerprint density at radius 1 is 1.40 bits per heavy atom. The molecule has 0 aliphatic carbocycles. The van der Waals surface area contributed by atoms with E-state index in [4.69, 9.17) is 5.11 Å². The maximum atomic E-state index is 13.3. The van der Waals surface area contributed by atoms with E-state index >= 15 is 0 Å². The van der Waals surface area contributed by atoms with Gasteiger partial charge in [0, 0.05) is 18.2 Å². The molecule has 108 valence electrons. The van der Waals surface area contributed by atoms with Crippen molar-refractivity contribution in [2.24, 2.45) is 0 Å². The van der Waals surface area contributed by atoms with Gasteiger partial charge in [0.25, 0.3) is 11.6 Å². The molecule has 7 nitrogen and oxygen atoms in total. The maximum Gasteiger partial charge on any atom is 0.323 e. The quantitative estimate of drug-likeness (QED) is 0.632. The second kappa shape index (κ2) is 6.60. The molecule has 0 atom stereocenters. The topological polar surface area (TPSA) is 101 Å². The lowest BCUT2D eigenvalue weighted by atomic mass is 10.1. The van der Waals surface area contributed by atoms with Gasteiger partial charge in [0.15, 0.2) is 0 Å². The molecule has 0 radical (unpaired) electrons. The summed E-state index contributed by atoms with van der Waals surface area (Å²) < 4.78 is 13.3. The van der Waals surface area contributed by atoms with Gasteiger partial charge in [-0.1, -0.05) is 6.92 Å². The van der Waals surface area contributed by atoms with Gasteiger partial charge in [0.05, 0.1) is 11.0 Å². The molecule has 0 aliphatic heterocycles. The first-order valence-electron chi connectivity index (χ1n) is 5.81. The normalized spacial score (nSPS) is 10.1. The summed E-state index contributed by atoms with van der Waals surface area (Å²) in [5.74, 6) is -2.89. The van der Waals surface area contributed by atoms with Gasteiger partial charge in [-0.3, -0.25) is 19.7 Å². The standard InChI is InChI=1S/C12H13FN2O5/c1-2-3-14(7-11(16)17)12(18)8-4-9(13)6-10(5-8)15(19)20/h4-6H,2-3,7H2,1H3,(H,16,17). The Bertz CT molecular complexity index is 547. The van der Waals surface area contributed by atoms with Crippen molar-refractivity contribution < 1.29 is 24.0 Å². The third-order valence-electron chi connectivity index (χ3n) is 2.45. The van der Waals surface area contributed by atoms with Gasteiger partial charge in [0.2, 0.25) is 0 Å². The minimum Gasteiger partial charge on any atom is -0.480 e. The molecule has 0 aromatic heterocycles. The molecule has 0 unspecified atom stereocenters. The predicted octanol–water partition coefficient (Wildman–Crippen LogP) is 1.67. The maximum absolute atomic E-state index is 13.3. The van der Waals surface area contributed by atoms with Crippen LogP contribution in [0.4, 0.5) is 10.1 Å². The van der Waals surface area contributed by atoms with Crippen LogP contribution in [-0.4, -0.2) is 39.9 Å². The zero-order valence-corrected chi connectivity index (χ0v) is 10.7. The summed E-state index contributed by atoms with van der Waals surface area (Å²) in [5.41, 5.74) is -0.800. The number of benzene rings is 1. The monoisotopic (exact) mass is 284 g/mol. The number of nitrogens with zero attached hydrogens (tertiary/aromatic N) is 2. The number of nitro groups is 1. The first-order valence-corrected chi connectivity index (χ1v) is 5.81. The smallest absolute Gasteiger partial charge is 0.323 e. The second-order valence-electron chi connectivity index (χ2n) is 4.08. The highest BCUT2D eigenvalue weighted by molar-refractivity contribution is 5.96. The highest BCUT2D eigenvalue weighted by atomic mass is 19.1. The van der Waals surface area contributed by atoms with Crippen molar-refractivity contribution >= 4 is 17.6 Å². The highest BCUT2D eigenvalue weighted by Crippen LogP contribution is 2.18. The van der Waals surface area contributed by atoms with Crippen LogP contribution in [0.15, 0.2) is 18.2 Å². The fourth-order valence-electron chi connectivity index (χ4n) is 1.67. The molecule has 1 aromatic rings. The lowest BCUT2D eigenvalue weighted by molar-refractivity contribution is -0.385. The third kappa shape index (κ3) is 4.01. The van der Waals surface area contributed by atoms with E-state index in [1.807, 2.05) is 0 Å². The summed E-state index contributed by atoms with van der Waals surface area (Å²) in [7, 11) is 0. The number of aliphatic carboxylic acids is 1. The van der Waals surface area contributed by atoms with E-state index in [2.05, 4.69) is 0 Å². The number of carbonyl (C=O) groups is 2. The summed E-state index contributed by atoms with van der Waals surface area (Å²) in [5, 5.41) is 19.3. The van der Waals surface area contributed by atoms with Gasteiger partial charge in [-0.25, -0.2) is 4.39 Å². The number of hydrogen-bond donors (Lipinski definition) is 1. The second-order valence-corrected chi connectivity index (χ2v) is 4.08. The molecule has 0 spiro atoms. The lowest BCUT2D eigenvalue weighted by Gasteiger charge is -2.19. The Hall–Kier alpha value is -2.51. The Morgan fingerprint density at radius 2 is 2.05 bits per heavy atom. The van der Waals surface area contributed by atoms with Crippen LogP contribution in [0.25, 0.3) is 0 Å². The fourth-order valence-corrected chi connectivity index (χ4v) is 1.67. The molecule has 1 N–H and O–H groups in total. The zero-order chi connectivity index (χ0) is 15.3. The van der Waals surface area contributed by atoms with E-state index < -0.39 is 34.8 Å². The molecule has 0 aliphatic rings. The van der Waals surface area contributed by atoms with Crippen LogP contribution in [0.1, 0.15) is 23.7 Å². The number of carbonyl (C=O) groups excluding carboxylic acids is 1. The summed E-state index contributed by atoms with van der Waals surface area (Å²) >= 11 is 0. The summed E-state index contributed by atoms with van der Waals surface area (Å²) in [4.78, 5) is 33.6. The number of carboxylic acids is 1. The molecule has 0 bridgehead atoms. The van der Waals surface area contributed by atoms with Crippen molar-refractivity contribution in [3.63, 3.8) is 0 Å². The first-order chi connectivity index (χ1) is 9.35. The summed E-state index contributed by atoms with van der Waals surface area (Å²) in [6, 6.07) is 2.47. The van der Waals surface area contributed by atoms with Gasteiger partial charge in [-0.2, -0.15) is 0 Å². The van der Waals surface area contributed by atoms with Crippen molar-refractivity contribution in [1.82, 2.24) is 4.90 Å². The number of amides is 1. The highest BCUT2D eigenvalue weighted by Gasteiger charge is 2.21. The Kier molecular flexibility index (Phi) is 5.13. The predicted molar refractivity (Wildman–Crippen MR) is 66.9 cm³/mol. The van der Waals surface area contributed by atoms with Crippen molar-refractivity contribution in [2.75, 3.05) is 13.1 Å². The molecular formula is C12H13FN2O5. The van der Waals surface area contributed by atoms with Crippen LogP contribution >= 0.6 is 0 Å². The van der Waals surface area contributed by atoms with E-state index in [9.17, 15) is 24.1 Å². The van der Waals surface area contributed by atoms with Crippen molar-refractivity contribution in [2.45, 2.75) is 13.3 Å². The first kappa shape index (κ1) is 15.5. The largest absolute Gasteiger partial charge is 0.480 e. The molecule has 0 fully saturated rings. The van der Waals surface area contributed by atoms with Gasteiger partial charge in [0.1, 0.15) is 12.4 Å². The van der Waals surface area contributed by atoms with Crippen LogP contribution < -0.4 is 0 Å².